The highest BCUT2D eigenvalue weighted by Crippen LogP contribution is 2.19. The van der Waals surface area contributed by atoms with Crippen molar-refractivity contribution >= 4 is 21.6 Å². The van der Waals surface area contributed by atoms with E-state index < -0.39 is 10.0 Å². The quantitative estimate of drug-likeness (QED) is 0.800. The molecule has 0 atom stereocenters. The average molecular weight is 306 g/mol. The molecule has 0 amide bonds. The molecule has 0 saturated carbocycles. The number of sulfonamides is 1. The van der Waals surface area contributed by atoms with Crippen molar-refractivity contribution in [2.24, 2.45) is 0 Å². The van der Waals surface area contributed by atoms with Crippen molar-refractivity contribution in [3.8, 4) is 0 Å². The number of nitrogens with zero attached hydrogens (tertiary/aromatic N) is 3. The highest BCUT2D eigenvalue weighted by atomic mass is 35.5. The van der Waals surface area contributed by atoms with E-state index in [1.807, 2.05) is 0 Å². The Bertz CT molecular complexity index is 493. The number of rotatable bonds is 4. The maximum Gasteiger partial charge on any atom is 0.246 e. The number of aryl methyl sites for hydroxylation is 1. The second-order valence-corrected chi connectivity index (χ2v) is 7.12. The summed E-state index contributed by atoms with van der Waals surface area (Å²) < 4.78 is 28.2. The van der Waals surface area contributed by atoms with Crippen molar-refractivity contribution in [1.29, 1.82) is 0 Å². The maximum atomic E-state index is 12.5. The van der Waals surface area contributed by atoms with E-state index in [9.17, 15) is 8.42 Å². The summed E-state index contributed by atoms with van der Waals surface area (Å²) in [4.78, 5) is 0.276. The Hall–Kier alpha value is -0.590. The van der Waals surface area contributed by atoms with Crippen LogP contribution in [0, 0.1) is 0 Å². The number of hydrogen-bond donors (Lipinski definition) is 0. The zero-order chi connectivity index (χ0) is 13.7. The molecule has 7 heteroatoms. The first-order valence-electron chi connectivity index (χ1n) is 6.73. The molecule has 1 aliphatic rings. The summed E-state index contributed by atoms with van der Waals surface area (Å²) in [7, 11) is -3.39. The fourth-order valence-corrected chi connectivity index (χ4v) is 3.94. The summed E-state index contributed by atoms with van der Waals surface area (Å²) in [6.07, 6.45) is 8.29. The minimum atomic E-state index is -3.39. The van der Waals surface area contributed by atoms with Gasteiger partial charge in [-0.15, -0.1) is 11.6 Å². The molecule has 1 saturated heterocycles. The monoisotopic (exact) mass is 305 g/mol. The fraction of sp³-hybridized carbons (Fsp3) is 0.750. The summed E-state index contributed by atoms with van der Waals surface area (Å²) in [5.41, 5.74) is 0. The molecule has 1 aromatic heterocycles. The van der Waals surface area contributed by atoms with Crippen LogP contribution in [0.15, 0.2) is 17.3 Å². The summed E-state index contributed by atoms with van der Waals surface area (Å²) >= 11 is 5.63. The molecule has 0 spiro atoms. The van der Waals surface area contributed by atoms with Gasteiger partial charge in [-0.2, -0.15) is 9.40 Å². The third kappa shape index (κ3) is 3.70. The second-order valence-electron chi connectivity index (χ2n) is 4.80. The van der Waals surface area contributed by atoms with Crippen LogP contribution in [0.25, 0.3) is 0 Å². The van der Waals surface area contributed by atoms with Crippen LogP contribution in [0.5, 0.6) is 0 Å². The summed E-state index contributed by atoms with van der Waals surface area (Å²) in [6.45, 7) is 1.75. The van der Waals surface area contributed by atoms with Gasteiger partial charge in [0.15, 0.2) is 0 Å². The third-order valence-electron chi connectivity index (χ3n) is 3.38. The van der Waals surface area contributed by atoms with Crippen LogP contribution >= 0.6 is 11.6 Å². The first-order chi connectivity index (χ1) is 9.14. The summed E-state index contributed by atoms with van der Waals surface area (Å²) in [5, 5.41) is 4.04. The van der Waals surface area contributed by atoms with Crippen molar-refractivity contribution < 1.29 is 8.42 Å². The van der Waals surface area contributed by atoms with Crippen molar-refractivity contribution in [3.63, 3.8) is 0 Å². The van der Waals surface area contributed by atoms with Crippen LogP contribution in [0.1, 0.15) is 32.1 Å². The van der Waals surface area contributed by atoms with E-state index in [0.29, 0.717) is 25.5 Å². The van der Waals surface area contributed by atoms with Gasteiger partial charge >= 0.3 is 0 Å². The van der Waals surface area contributed by atoms with Gasteiger partial charge in [0.05, 0.1) is 12.7 Å². The molecular weight excluding hydrogens is 286 g/mol. The van der Waals surface area contributed by atoms with Gasteiger partial charge in [-0.3, -0.25) is 4.68 Å². The molecule has 0 radical (unpaired) electrons. The molecule has 0 N–H and O–H groups in total. The van der Waals surface area contributed by atoms with E-state index >= 15 is 0 Å². The Morgan fingerprint density at radius 2 is 1.79 bits per heavy atom. The van der Waals surface area contributed by atoms with Crippen LogP contribution in [-0.2, 0) is 16.6 Å². The molecule has 5 nitrogen and oxygen atoms in total. The van der Waals surface area contributed by atoms with Gasteiger partial charge < -0.3 is 0 Å². The lowest BCUT2D eigenvalue weighted by Gasteiger charge is -2.23. The predicted octanol–water partition coefficient (Wildman–Crippen LogP) is 2.08. The molecule has 0 aliphatic carbocycles. The van der Waals surface area contributed by atoms with E-state index in [1.165, 1.54) is 12.6 Å². The van der Waals surface area contributed by atoms with E-state index in [-0.39, 0.29) is 4.90 Å². The molecule has 19 heavy (non-hydrogen) atoms. The van der Waals surface area contributed by atoms with Gasteiger partial charge in [-0.1, -0.05) is 19.3 Å². The first-order valence-corrected chi connectivity index (χ1v) is 8.70. The van der Waals surface area contributed by atoms with Crippen LogP contribution in [0.2, 0.25) is 0 Å². The Balaban J connectivity index is 2.14. The van der Waals surface area contributed by atoms with E-state index in [4.69, 9.17) is 11.6 Å². The summed E-state index contributed by atoms with van der Waals surface area (Å²) in [6, 6.07) is 0. The molecule has 2 heterocycles. The van der Waals surface area contributed by atoms with Gasteiger partial charge in [-0.25, -0.2) is 8.42 Å². The number of alkyl halides is 1. The summed E-state index contributed by atoms with van der Waals surface area (Å²) in [5.74, 6) is 0.422. The number of halogens is 1. The van der Waals surface area contributed by atoms with Gasteiger partial charge in [0.1, 0.15) is 4.90 Å². The smallest absolute Gasteiger partial charge is 0.246 e. The first kappa shape index (κ1) is 14.8. The van der Waals surface area contributed by atoms with Crippen molar-refractivity contribution in [2.75, 3.05) is 19.0 Å². The Kier molecular flexibility index (Phi) is 5.24. The minimum Gasteiger partial charge on any atom is -0.270 e. The van der Waals surface area contributed by atoms with Crippen LogP contribution in [0.4, 0.5) is 0 Å². The molecule has 1 aliphatic heterocycles. The van der Waals surface area contributed by atoms with Crippen molar-refractivity contribution in [3.05, 3.63) is 12.4 Å². The molecule has 0 aromatic carbocycles. The normalized spacial score (nSPS) is 19.0. The lowest BCUT2D eigenvalue weighted by atomic mass is 10.1. The van der Waals surface area contributed by atoms with E-state index in [1.54, 1.807) is 15.2 Å². The predicted molar refractivity (Wildman–Crippen MR) is 74.8 cm³/mol. The Morgan fingerprint density at radius 1 is 1.16 bits per heavy atom. The van der Waals surface area contributed by atoms with Gasteiger partial charge in [0, 0.05) is 25.2 Å². The lowest BCUT2D eigenvalue weighted by molar-refractivity contribution is 0.364. The molecular formula is C12H20ClN3O2S. The molecule has 1 aromatic rings. The third-order valence-corrected chi connectivity index (χ3v) is 5.40. The molecule has 1 fully saturated rings. The zero-order valence-electron chi connectivity index (χ0n) is 11.0. The number of aromatic nitrogens is 2. The SMILES string of the molecule is O=S(=O)(c1cnn(CCCl)c1)N1CCCCCCC1. The van der Waals surface area contributed by atoms with Gasteiger partial charge in [0.2, 0.25) is 10.0 Å². The van der Waals surface area contributed by atoms with Crippen LogP contribution in [0.3, 0.4) is 0 Å². The standard InChI is InChI=1S/C12H20ClN3O2S/c13-6-9-15-11-12(10-14-15)19(17,18)16-7-4-2-1-3-5-8-16/h10-11H,1-9H2. The van der Waals surface area contributed by atoms with Crippen LogP contribution < -0.4 is 0 Å². The maximum absolute atomic E-state index is 12.5. The van der Waals surface area contributed by atoms with Crippen molar-refractivity contribution in [1.82, 2.24) is 14.1 Å². The molecule has 108 valence electrons. The van der Waals surface area contributed by atoms with E-state index in [2.05, 4.69) is 5.10 Å². The highest BCUT2D eigenvalue weighted by molar-refractivity contribution is 7.89. The fourth-order valence-electron chi connectivity index (χ4n) is 2.29. The highest BCUT2D eigenvalue weighted by Gasteiger charge is 2.25. The molecule has 0 bridgehead atoms. The number of hydrogen-bond acceptors (Lipinski definition) is 3. The van der Waals surface area contributed by atoms with Gasteiger partial charge in [-0.05, 0) is 12.8 Å². The van der Waals surface area contributed by atoms with Crippen LogP contribution in [-0.4, -0.2) is 41.5 Å². The zero-order valence-corrected chi connectivity index (χ0v) is 12.5. The minimum absolute atomic E-state index is 0.276. The lowest BCUT2D eigenvalue weighted by Crippen LogP contribution is -2.33. The van der Waals surface area contributed by atoms with E-state index in [0.717, 1.165) is 25.7 Å². The van der Waals surface area contributed by atoms with Gasteiger partial charge in [0.25, 0.3) is 0 Å². The second kappa shape index (κ2) is 6.72. The molecule has 2 rings (SSSR count). The Labute approximate surface area is 119 Å². The van der Waals surface area contributed by atoms with Crippen molar-refractivity contribution in [2.45, 2.75) is 43.5 Å². The Morgan fingerprint density at radius 3 is 2.42 bits per heavy atom. The topological polar surface area (TPSA) is 55.2 Å². The molecule has 0 unspecified atom stereocenters. The largest absolute Gasteiger partial charge is 0.270 e. The average Bonchev–Trinajstić information content (AvgIpc) is 2.77.